The molecule has 0 aromatic heterocycles. The molecule has 2 nitrogen and oxygen atoms in total. The van der Waals surface area contributed by atoms with Crippen LogP contribution in [0.5, 0.6) is 0 Å². The Morgan fingerprint density at radius 2 is 2.08 bits per heavy atom. The van der Waals surface area contributed by atoms with E-state index in [9.17, 15) is 0 Å². The second kappa shape index (κ2) is 3.00. The zero-order valence-corrected chi connectivity index (χ0v) is 8.18. The van der Waals surface area contributed by atoms with Crippen molar-refractivity contribution in [3.8, 4) is 0 Å². The smallest absolute Gasteiger partial charge is 0.0547 e. The van der Waals surface area contributed by atoms with E-state index in [0.29, 0.717) is 5.41 Å². The Morgan fingerprint density at radius 3 is 2.58 bits per heavy atom. The molecule has 0 aromatic rings. The minimum atomic E-state index is 0.558. The summed E-state index contributed by atoms with van der Waals surface area (Å²) in [6.45, 7) is 9.09. The molecular weight excluding hydrogens is 150 g/mol. The lowest BCUT2D eigenvalue weighted by atomic mass is 9.75. The van der Waals surface area contributed by atoms with Crippen LogP contribution in [0, 0.1) is 5.41 Å². The molecule has 2 fully saturated rings. The Hall–Kier alpha value is -0.0800. The van der Waals surface area contributed by atoms with E-state index in [-0.39, 0.29) is 0 Å². The van der Waals surface area contributed by atoms with Gasteiger partial charge in [-0.2, -0.15) is 0 Å². The standard InChI is InChI=1S/C10H19NO/c1-9(2)11-6-10(7-11)4-3-5-12-8-10/h9H,3-8H2,1-2H3. The molecule has 12 heavy (non-hydrogen) atoms. The quantitative estimate of drug-likeness (QED) is 0.590. The lowest BCUT2D eigenvalue weighted by Crippen LogP contribution is -2.61. The van der Waals surface area contributed by atoms with E-state index in [1.54, 1.807) is 0 Å². The van der Waals surface area contributed by atoms with Gasteiger partial charge in [-0.3, -0.25) is 4.90 Å². The highest BCUT2D eigenvalue weighted by Gasteiger charge is 2.44. The largest absolute Gasteiger partial charge is 0.381 e. The second-order valence-electron chi connectivity index (χ2n) is 4.65. The summed E-state index contributed by atoms with van der Waals surface area (Å²) >= 11 is 0. The van der Waals surface area contributed by atoms with Crippen LogP contribution in [-0.4, -0.2) is 37.2 Å². The third-order valence-corrected chi connectivity index (χ3v) is 3.21. The van der Waals surface area contributed by atoms with E-state index in [1.807, 2.05) is 0 Å². The van der Waals surface area contributed by atoms with Gasteiger partial charge in [-0.1, -0.05) is 0 Å². The minimum absolute atomic E-state index is 0.558. The summed E-state index contributed by atoms with van der Waals surface area (Å²) in [5, 5.41) is 0. The van der Waals surface area contributed by atoms with Gasteiger partial charge in [0.15, 0.2) is 0 Å². The van der Waals surface area contributed by atoms with Crippen LogP contribution in [0.4, 0.5) is 0 Å². The van der Waals surface area contributed by atoms with Gasteiger partial charge in [-0.15, -0.1) is 0 Å². The third-order valence-electron chi connectivity index (χ3n) is 3.21. The van der Waals surface area contributed by atoms with Crippen molar-refractivity contribution >= 4 is 0 Å². The van der Waals surface area contributed by atoms with Crippen LogP contribution in [0.25, 0.3) is 0 Å². The zero-order chi connectivity index (χ0) is 8.60. The van der Waals surface area contributed by atoms with Crippen molar-refractivity contribution < 1.29 is 4.74 Å². The van der Waals surface area contributed by atoms with Crippen molar-refractivity contribution in [3.05, 3.63) is 0 Å². The van der Waals surface area contributed by atoms with Crippen LogP contribution in [0.2, 0.25) is 0 Å². The van der Waals surface area contributed by atoms with E-state index in [0.717, 1.165) is 19.3 Å². The molecule has 0 amide bonds. The topological polar surface area (TPSA) is 12.5 Å². The first-order chi connectivity index (χ1) is 5.72. The van der Waals surface area contributed by atoms with Gasteiger partial charge in [-0.25, -0.2) is 0 Å². The van der Waals surface area contributed by atoms with Gasteiger partial charge in [0.25, 0.3) is 0 Å². The number of hydrogen-bond acceptors (Lipinski definition) is 2. The Bertz CT molecular complexity index is 153. The van der Waals surface area contributed by atoms with E-state index in [2.05, 4.69) is 18.7 Å². The van der Waals surface area contributed by atoms with Crippen molar-refractivity contribution in [1.82, 2.24) is 4.90 Å². The van der Waals surface area contributed by atoms with E-state index >= 15 is 0 Å². The molecule has 0 aromatic carbocycles. The summed E-state index contributed by atoms with van der Waals surface area (Å²) in [6.07, 6.45) is 2.65. The summed E-state index contributed by atoms with van der Waals surface area (Å²) in [5.41, 5.74) is 0.558. The molecule has 0 bridgehead atoms. The third kappa shape index (κ3) is 1.38. The molecule has 2 aliphatic rings. The molecule has 2 saturated heterocycles. The van der Waals surface area contributed by atoms with Crippen LogP contribution in [0.1, 0.15) is 26.7 Å². The molecule has 0 saturated carbocycles. The van der Waals surface area contributed by atoms with Crippen LogP contribution in [0.3, 0.4) is 0 Å². The summed E-state index contributed by atoms with van der Waals surface area (Å²) in [6, 6.07) is 0.720. The fraction of sp³-hybridized carbons (Fsp3) is 1.00. The van der Waals surface area contributed by atoms with E-state index in [1.165, 1.54) is 25.9 Å². The first-order valence-corrected chi connectivity index (χ1v) is 5.04. The normalized spacial score (nSPS) is 29.2. The highest BCUT2D eigenvalue weighted by molar-refractivity contribution is 4.97. The number of rotatable bonds is 1. The maximum absolute atomic E-state index is 5.53. The molecule has 2 aliphatic heterocycles. The molecule has 1 spiro atoms. The van der Waals surface area contributed by atoms with Crippen molar-refractivity contribution in [2.24, 2.45) is 5.41 Å². The van der Waals surface area contributed by atoms with E-state index in [4.69, 9.17) is 4.74 Å². The average Bonchev–Trinajstić information content (AvgIpc) is 2.01. The molecule has 0 radical (unpaired) electrons. The zero-order valence-electron chi connectivity index (χ0n) is 8.18. The Kier molecular flexibility index (Phi) is 2.13. The van der Waals surface area contributed by atoms with Gasteiger partial charge in [0.1, 0.15) is 0 Å². The van der Waals surface area contributed by atoms with Crippen LogP contribution < -0.4 is 0 Å². The molecule has 70 valence electrons. The van der Waals surface area contributed by atoms with Gasteiger partial charge in [0.2, 0.25) is 0 Å². The minimum Gasteiger partial charge on any atom is -0.381 e. The maximum atomic E-state index is 5.53. The highest BCUT2D eigenvalue weighted by atomic mass is 16.5. The predicted molar refractivity (Wildman–Crippen MR) is 49.2 cm³/mol. The fourth-order valence-corrected chi connectivity index (χ4v) is 2.34. The van der Waals surface area contributed by atoms with Gasteiger partial charge in [-0.05, 0) is 26.7 Å². The fourth-order valence-electron chi connectivity index (χ4n) is 2.34. The van der Waals surface area contributed by atoms with Crippen LogP contribution in [-0.2, 0) is 4.74 Å². The SMILES string of the molecule is CC(C)N1CC2(CCCOC2)C1. The summed E-state index contributed by atoms with van der Waals surface area (Å²) < 4.78 is 5.53. The van der Waals surface area contributed by atoms with Crippen molar-refractivity contribution in [2.45, 2.75) is 32.7 Å². The summed E-state index contributed by atoms with van der Waals surface area (Å²) in [5.74, 6) is 0. The van der Waals surface area contributed by atoms with Gasteiger partial charge < -0.3 is 4.74 Å². The maximum Gasteiger partial charge on any atom is 0.0547 e. The number of nitrogens with zero attached hydrogens (tertiary/aromatic N) is 1. The van der Waals surface area contributed by atoms with Gasteiger partial charge >= 0.3 is 0 Å². The second-order valence-corrected chi connectivity index (χ2v) is 4.65. The highest BCUT2D eigenvalue weighted by Crippen LogP contribution is 2.38. The first kappa shape index (κ1) is 8.52. The van der Waals surface area contributed by atoms with Crippen molar-refractivity contribution in [1.29, 1.82) is 0 Å². The predicted octanol–water partition coefficient (Wildman–Crippen LogP) is 1.51. The van der Waals surface area contributed by atoms with Crippen LogP contribution in [0.15, 0.2) is 0 Å². The van der Waals surface area contributed by atoms with Crippen LogP contribution >= 0.6 is 0 Å². The Labute approximate surface area is 74.9 Å². The van der Waals surface area contributed by atoms with Gasteiger partial charge in [0.05, 0.1) is 6.61 Å². The lowest BCUT2D eigenvalue weighted by Gasteiger charge is -2.53. The molecule has 0 unspecified atom stereocenters. The van der Waals surface area contributed by atoms with Crippen molar-refractivity contribution in [3.63, 3.8) is 0 Å². The van der Waals surface area contributed by atoms with E-state index < -0.39 is 0 Å². The number of likely N-dealkylation sites (tertiary alicyclic amines) is 1. The first-order valence-electron chi connectivity index (χ1n) is 5.04. The Balaban J connectivity index is 1.84. The summed E-state index contributed by atoms with van der Waals surface area (Å²) in [4.78, 5) is 2.54. The molecule has 2 heterocycles. The van der Waals surface area contributed by atoms with Crippen molar-refractivity contribution in [2.75, 3.05) is 26.3 Å². The molecule has 0 aliphatic carbocycles. The number of ether oxygens (including phenoxy) is 1. The van der Waals surface area contributed by atoms with Gasteiger partial charge in [0, 0.05) is 31.2 Å². The molecular formula is C10H19NO. The molecule has 0 atom stereocenters. The molecule has 0 N–H and O–H groups in total. The lowest BCUT2D eigenvalue weighted by molar-refractivity contribution is -0.111. The Morgan fingerprint density at radius 1 is 1.33 bits per heavy atom. The monoisotopic (exact) mass is 169 g/mol. The average molecular weight is 169 g/mol. The summed E-state index contributed by atoms with van der Waals surface area (Å²) in [7, 11) is 0. The molecule has 2 rings (SSSR count). The molecule has 2 heteroatoms. The number of hydrogen-bond donors (Lipinski definition) is 0.